The third-order valence-corrected chi connectivity index (χ3v) is 2.97. The lowest BCUT2D eigenvalue weighted by atomic mass is 10.3. The molecule has 0 saturated heterocycles. The number of carbonyl (C=O) groups excluding carboxylic acids is 2. The van der Waals surface area contributed by atoms with Crippen molar-refractivity contribution in [2.24, 2.45) is 0 Å². The summed E-state index contributed by atoms with van der Waals surface area (Å²) in [6, 6.07) is 0. The van der Waals surface area contributed by atoms with Crippen molar-refractivity contribution in [1.29, 1.82) is 0 Å². The van der Waals surface area contributed by atoms with Crippen LogP contribution in [-0.4, -0.2) is 51.6 Å². The molecule has 6 nitrogen and oxygen atoms in total. The van der Waals surface area contributed by atoms with E-state index in [4.69, 9.17) is 18.9 Å². The van der Waals surface area contributed by atoms with Gasteiger partial charge >= 0.3 is 11.9 Å². The summed E-state index contributed by atoms with van der Waals surface area (Å²) in [5.74, 6) is -0.840. The Morgan fingerprint density at radius 1 is 0.800 bits per heavy atom. The van der Waals surface area contributed by atoms with Gasteiger partial charge < -0.3 is 18.9 Å². The second kappa shape index (κ2) is 11.7. The fraction of sp³-hybridized carbons (Fsp3) is 0.857. The van der Waals surface area contributed by atoms with Crippen LogP contribution in [0.15, 0.2) is 0 Å². The maximum absolute atomic E-state index is 11.4. The molecular weight excluding hydrogens is 264 g/mol. The molecule has 0 fully saturated rings. The maximum atomic E-state index is 11.4. The Morgan fingerprint density at radius 2 is 1.15 bits per heavy atom. The van der Waals surface area contributed by atoms with Crippen molar-refractivity contribution < 1.29 is 28.5 Å². The van der Waals surface area contributed by atoms with E-state index in [-0.39, 0.29) is 38.3 Å². The molecule has 2 atom stereocenters. The highest BCUT2D eigenvalue weighted by Crippen LogP contribution is 2.02. The summed E-state index contributed by atoms with van der Waals surface area (Å²) in [5, 5.41) is 0. The first-order chi connectivity index (χ1) is 9.57. The van der Waals surface area contributed by atoms with Gasteiger partial charge in [-0.3, -0.25) is 9.59 Å². The Balaban J connectivity index is 3.75. The molecule has 0 radical (unpaired) electrons. The zero-order valence-corrected chi connectivity index (χ0v) is 12.8. The number of hydrogen-bond acceptors (Lipinski definition) is 6. The summed E-state index contributed by atoms with van der Waals surface area (Å²) in [6.07, 6.45) is 1.37. The van der Waals surface area contributed by atoms with Crippen molar-refractivity contribution in [3.63, 3.8) is 0 Å². The number of hydrogen-bond donors (Lipinski definition) is 0. The predicted octanol–water partition coefficient (Wildman–Crippen LogP) is 1.70. The molecule has 0 heterocycles. The lowest BCUT2D eigenvalue weighted by molar-refractivity contribution is -0.154. The van der Waals surface area contributed by atoms with Crippen LogP contribution >= 0.6 is 0 Å². The van der Waals surface area contributed by atoms with Crippen molar-refractivity contribution in [2.45, 2.75) is 51.7 Å². The molecule has 0 rings (SSSR count). The van der Waals surface area contributed by atoms with Crippen LogP contribution in [0.4, 0.5) is 0 Å². The van der Waals surface area contributed by atoms with Gasteiger partial charge in [0.2, 0.25) is 0 Å². The molecule has 0 amide bonds. The molecule has 0 bridgehead atoms. The molecule has 6 heteroatoms. The Bertz CT molecular complexity index is 243. The second-order valence-corrected chi connectivity index (χ2v) is 4.40. The molecule has 2 unspecified atom stereocenters. The molecule has 0 aliphatic rings. The average molecular weight is 290 g/mol. The normalized spacial score (nSPS) is 13.6. The molecule has 0 spiro atoms. The van der Waals surface area contributed by atoms with Gasteiger partial charge in [0, 0.05) is 14.2 Å². The summed E-state index contributed by atoms with van der Waals surface area (Å²) in [6.45, 7) is 4.31. The fourth-order valence-electron chi connectivity index (χ4n) is 1.43. The van der Waals surface area contributed by atoms with Gasteiger partial charge in [-0.15, -0.1) is 0 Å². The van der Waals surface area contributed by atoms with Crippen LogP contribution in [0.1, 0.15) is 39.5 Å². The zero-order chi connectivity index (χ0) is 15.4. The van der Waals surface area contributed by atoms with Crippen LogP contribution in [0.25, 0.3) is 0 Å². The lowest BCUT2D eigenvalue weighted by Gasteiger charge is -2.14. The van der Waals surface area contributed by atoms with E-state index in [0.717, 1.165) is 12.8 Å². The van der Waals surface area contributed by atoms with Crippen molar-refractivity contribution >= 4 is 11.9 Å². The quantitative estimate of drug-likeness (QED) is 0.539. The highest BCUT2D eigenvalue weighted by Gasteiger charge is 2.13. The van der Waals surface area contributed by atoms with Crippen molar-refractivity contribution in [1.82, 2.24) is 0 Å². The summed E-state index contributed by atoms with van der Waals surface area (Å²) < 4.78 is 20.2. The predicted molar refractivity (Wildman–Crippen MR) is 73.3 cm³/mol. The standard InChI is InChI=1S/C14H26O6/c1-5-11(17-3)9-19-13(15)7-8-14(16)20-10-12(6-2)18-4/h11-12H,5-10H2,1-4H3. The van der Waals surface area contributed by atoms with E-state index < -0.39 is 11.9 Å². The summed E-state index contributed by atoms with van der Waals surface area (Å²) in [7, 11) is 3.14. The molecule has 0 aliphatic heterocycles. The first-order valence-electron chi connectivity index (χ1n) is 6.94. The van der Waals surface area contributed by atoms with Crippen LogP contribution in [0.3, 0.4) is 0 Å². The molecule has 0 aromatic rings. The van der Waals surface area contributed by atoms with Gasteiger partial charge in [0.25, 0.3) is 0 Å². The van der Waals surface area contributed by atoms with E-state index in [2.05, 4.69) is 0 Å². The van der Waals surface area contributed by atoms with E-state index >= 15 is 0 Å². The topological polar surface area (TPSA) is 71.1 Å². The molecule has 0 aliphatic carbocycles. The smallest absolute Gasteiger partial charge is 0.306 e. The molecule has 0 aromatic heterocycles. The average Bonchev–Trinajstić information content (AvgIpc) is 2.47. The van der Waals surface area contributed by atoms with Crippen LogP contribution in [0.5, 0.6) is 0 Å². The molecular formula is C14H26O6. The zero-order valence-electron chi connectivity index (χ0n) is 12.8. The monoisotopic (exact) mass is 290 g/mol. The minimum absolute atomic E-state index is 0.0166. The van der Waals surface area contributed by atoms with E-state index in [1.807, 2.05) is 13.8 Å². The van der Waals surface area contributed by atoms with Gasteiger partial charge in [0.1, 0.15) is 13.2 Å². The summed E-state index contributed by atoms with van der Waals surface area (Å²) >= 11 is 0. The first kappa shape index (κ1) is 18.9. The van der Waals surface area contributed by atoms with Crippen molar-refractivity contribution in [3.05, 3.63) is 0 Å². The number of ether oxygens (including phenoxy) is 4. The van der Waals surface area contributed by atoms with Gasteiger partial charge in [-0.1, -0.05) is 13.8 Å². The van der Waals surface area contributed by atoms with Crippen LogP contribution < -0.4 is 0 Å². The third kappa shape index (κ3) is 8.87. The van der Waals surface area contributed by atoms with E-state index in [0.29, 0.717) is 0 Å². The first-order valence-corrected chi connectivity index (χ1v) is 6.94. The van der Waals surface area contributed by atoms with Crippen molar-refractivity contribution in [2.75, 3.05) is 27.4 Å². The lowest BCUT2D eigenvalue weighted by Crippen LogP contribution is -2.22. The summed E-state index contributed by atoms with van der Waals surface area (Å²) in [5.41, 5.74) is 0. The number of methoxy groups -OCH3 is 2. The molecule has 0 N–H and O–H groups in total. The Hall–Kier alpha value is -1.14. The molecule has 0 saturated carbocycles. The maximum Gasteiger partial charge on any atom is 0.306 e. The number of carbonyl (C=O) groups is 2. The van der Waals surface area contributed by atoms with Crippen LogP contribution in [0.2, 0.25) is 0 Å². The Morgan fingerprint density at radius 3 is 1.40 bits per heavy atom. The van der Waals surface area contributed by atoms with Gasteiger partial charge in [-0.2, -0.15) is 0 Å². The SMILES string of the molecule is CCC(COC(=O)CCC(=O)OCC(CC)OC)OC. The third-order valence-electron chi connectivity index (χ3n) is 2.97. The van der Waals surface area contributed by atoms with Gasteiger partial charge in [-0.05, 0) is 12.8 Å². The molecule has 0 aromatic carbocycles. The van der Waals surface area contributed by atoms with Gasteiger partial charge in [-0.25, -0.2) is 0 Å². The van der Waals surface area contributed by atoms with E-state index in [1.54, 1.807) is 14.2 Å². The van der Waals surface area contributed by atoms with E-state index in [9.17, 15) is 9.59 Å². The summed E-state index contributed by atoms with van der Waals surface area (Å²) in [4.78, 5) is 22.8. The highest BCUT2D eigenvalue weighted by atomic mass is 16.6. The minimum atomic E-state index is -0.420. The van der Waals surface area contributed by atoms with Gasteiger partial charge in [0.05, 0.1) is 25.0 Å². The Kier molecular flexibility index (Phi) is 11.0. The van der Waals surface area contributed by atoms with Gasteiger partial charge in [0.15, 0.2) is 0 Å². The largest absolute Gasteiger partial charge is 0.463 e. The van der Waals surface area contributed by atoms with Crippen molar-refractivity contribution in [3.8, 4) is 0 Å². The highest BCUT2D eigenvalue weighted by molar-refractivity contribution is 5.77. The van der Waals surface area contributed by atoms with Crippen LogP contribution in [0, 0.1) is 0 Å². The molecule has 118 valence electrons. The Labute approximate surface area is 120 Å². The van der Waals surface area contributed by atoms with E-state index in [1.165, 1.54) is 0 Å². The van der Waals surface area contributed by atoms with Crippen LogP contribution in [-0.2, 0) is 28.5 Å². The number of rotatable bonds is 11. The number of esters is 2. The fourth-order valence-corrected chi connectivity index (χ4v) is 1.43. The molecule has 20 heavy (non-hydrogen) atoms. The second-order valence-electron chi connectivity index (χ2n) is 4.40. The minimum Gasteiger partial charge on any atom is -0.463 e.